The number of pyridine rings is 1. The number of benzene rings is 2. The summed E-state index contributed by atoms with van der Waals surface area (Å²) in [6, 6.07) is 17.4. The van der Waals surface area contributed by atoms with Gasteiger partial charge in [0.1, 0.15) is 5.03 Å². The molecule has 3 heterocycles. The molecule has 8 heteroatoms. The maximum Gasteiger partial charge on any atom is 0.234 e. The molecule has 0 spiro atoms. The zero-order chi connectivity index (χ0) is 24.4. The fourth-order valence-corrected chi connectivity index (χ4v) is 4.72. The van der Waals surface area contributed by atoms with E-state index >= 15 is 0 Å². The second kappa shape index (κ2) is 9.85. The Bertz CT molecular complexity index is 1390. The third kappa shape index (κ3) is 4.89. The zero-order valence-corrected chi connectivity index (χ0v) is 20.2. The molecule has 0 fully saturated rings. The van der Waals surface area contributed by atoms with Crippen LogP contribution in [0.2, 0.25) is 0 Å². The zero-order valence-electron chi connectivity index (χ0n) is 19.4. The highest BCUT2D eigenvalue weighted by Gasteiger charge is 2.28. The summed E-state index contributed by atoms with van der Waals surface area (Å²) in [5.74, 6) is 1.65. The lowest BCUT2D eigenvalue weighted by Crippen LogP contribution is -2.16. The quantitative estimate of drug-likeness (QED) is 0.256. The number of carbonyl (C=O) groups excluding carboxylic acids is 1. The lowest BCUT2D eigenvalue weighted by Gasteiger charge is -2.24. The number of aryl methyl sites for hydroxylation is 2. The number of hydrogen-bond acceptors (Lipinski definition) is 7. The maximum absolute atomic E-state index is 12.7. The Morgan fingerprint density at radius 1 is 1.06 bits per heavy atom. The van der Waals surface area contributed by atoms with Crippen LogP contribution in [0, 0.1) is 13.8 Å². The van der Waals surface area contributed by atoms with Crippen LogP contribution >= 0.6 is 11.8 Å². The molecule has 35 heavy (non-hydrogen) atoms. The first-order chi connectivity index (χ1) is 17.0. The molecular formula is C27H24N4O3S. The van der Waals surface area contributed by atoms with E-state index in [0.717, 1.165) is 33.6 Å². The fourth-order valence-electron chi connectivity index (χ4n) is 3.90. The van der Waals surface area contributed by atoms with E-state index in [-0.39, 0.29) is 18.3 Å². The van der Waals surface area contributed by atoms with Crippen molar-refractivity contribution >= 4 is 23.4 Å². The van der Waals surface area contributed by atoms with Gasteiger partial charge in [0.05, 0.1) is 23.6 Å². The van der Waals surface area contributed by atoms with Gasteiger partial charge < -0.3 is 15.2 Å². The Morgan fingerprint density at radius 2 is 1.83 bits per heavy atom. The first-order valence-corrected chi connectivity index (χ1v) is 12.2. The highest BCUT2D eigenvalue weighted by Crippen LogP contribution is 2.42. The molecule has 4 aromatic rings. The normalized spacial score (nSPS) is 11.9. The molecule has 0 atom stereocenters. The molecule has 176 valence electrons. The van der Waals surface area contributed by atoms with E-state index in [1.54, 1.807) is 6.20 Å². The highest BCUT2D eigenvalue weighted by atomic mass is 32.2. The van der Waals surface area contributed by atoms with E-state index in [1.807, 2.05) is 68.4 Å². The molecule has 1 aliphatic heterocycles. The third-order valence-electron chi connectivity index (χ3n) is 5.77. The van der Waals surface area contributed by atoms with Crippen molar-refractivity contribution in [3.63, 3.8) is 0 Å². The predicted molar refractivity (Wildman–Crippen MR) is 136 cm³/mol. The minimum atomic E-state index is -0.140. The highest BCUT2D eigenvalue weighted by molar-refractivity contribution is 8.00. The second-order valence-corrected chi connectivity index (χ2v) is 9.28. The molecule has 0 saturated carbocycles. The number of aliphatic hydroxyl groups excluding tert-OH is 1. The van der Waals surface area contributed by atoms with Gasteiger partial charge in [-0.05, 0) is 26.0 Å². The summed E-state index contributed by atoms with van der Waals surface area (Å²) in [5, 5.41) is 13.5. The average Bonchev–Trinajstić information content (AvgIpc) is 2.88. The molecule has 2 aromatic heterocycles. The van der Waals surface area contributed by atoms with Crippen molar-refractivity contribution in [3.8, 4) is 23.0 Å². The molecule has 2 N–H and O–H groups in total. The maximum atomic E-state index is 12.7. The van der Waals surface area contributed by atoms with Crippen molar-refractivity contribution < 1.29 is 14.6 Å². The van der Waals surface area contributed by atoms with Gasteiger partial charge in [0.25, 0.3) is 0 Å². The SMILES string of the molecule is Cc1ccc(NC(=O)CSc2nc(-c3ccccc3)nc3c2Cc2c(CO)cnc(C)c2O3)cc1. The Morgan fingerprint density at radius 3 is 2.57 bits per heavy atom. The smallest absolute Gasteiger partial charge is 0.234 e. The number of amides is 1. The lowest BCUT2D eigenvalue weighted by molar-refractivity contribution is -0.113. The molecule has 0 bridgehead atoms. The number of ether oxygens (including phenoxy) is 1. The van der Waals surface area contributed by atoms with E-state index in [1.165, 1.54) is 11.8 Å². The molecule has 0 radical (unpaired) electrons. The van der Waals surface area contributed by atoms with Crippen molar-refractivity contribution in [3.05, 3.63) is 88.7 Å². The molecule has 1 aliphatic rings. The van der Waals surface area contributed by atoms with Gasteiger partial charge in [-0.15, -0.1) is 0 Å². The molecule has 7 nitrogen and oxygen atoms in total. The standard InChI is InChI=1S/C27H24N4O3S/c1-16-8-10-20(11-9-16)29-23(33)15-35-27-22-12-21-19(14-32)13-28-17(2)24(21)34-26(22)30-25(31-27)18-6-4-3-5-7-18/h3-11,13,32H,12,14-15H2,1-2H3,(H,29,33). The summed E-state index contributed by atoms with van der Waals surface area (Å²) in [7, 11) is 0. The molecule has 1 amide bonds. The number of rotatable bonds is 6. The van der Waals surface area contributed by atoms with E-state index in [9.17, 15) is 9.90 Å². The molecule has 0 unspecified atom stereocenters. The minimum Gasteiger partial charge on any atom is -0.436 e. The number of fused-ring (bicyclic) bond motifs is 2. The third-order valence-corrected chi connectivity index (χ3v) is 6.78. The summed E-state index contributed by atoms with van der Waals surface area (Å²) < 4.78 is 6.23. The van der Waals surface area contributed by atoms with Gasteiger partial charge in [0.15, 0.2) is 11.6 Å². The van der Waals surface area contributed by atoms with Gasteiger partial charge in [0.2, 0.25) is 11.8 Å². The van der Waals surface area contributed by atoms with Gasteiger partial charge in [-0.25, -0.2) is 4.98 Å². The largest absolute Gasteiger partial charge is 0.436 e. The van der Waals surface area contributed by atoms with E-state index in [4.69, 9.17) is 14.7 Å². The summed E-state index contributed by atoms with van der Waals surface area (Å²) in [5.41, 5.74) is 5.84. The van der Waals surface area contributed by atoms with Crippen LogP contribution in [0.4, 0.5) is 5.69 Å². The topological polar surface area (TPSA) is 97.2 Å². The van der Waals surface area contributed by atoms with Crippen LogP contribution in [0.1, 0.15) is 27.9 Å². The van der Waals surface area contributed by atoms with Gasteiger partial charge in [-0.1, -0.05) is 59.8 Å². The minimum absolute atomic E-state index is 0.124. The Balaban J connectivity index is 1.47. The van der Waals surface area contributed by atoms with Crippen LogP contribution in [-0.4, -0.2) is 31.7 Å². The van der Waals surface area contributed by atoms with E-state index < -0.39 is 0 Å². The first kappa shape index (κ1) is 23.0. The molecular weight excluding hydrogens is 460 g/mol. The number of aromatic nitrogens is 3. The molecule has 0 saturated heterocycles. The number of anilines is 1. The Hall–Kier alpha value is -3.75. The Kier molecular flexibility index (Phi) is 6.48. The van der Waals surface area contributed by atoms with Crippen LogP contribution in [0.25, 0.3) is 11.4 Å². The Labute approximate surface area is 207 Å². The van der Waals surface area contributed by atoms with Gasteiger partial charge in [0, 0.05) is 35.0 Å². The van der Waals surface area contributed by atoms with Crippen molar-refractivity contribution in [1.82, 2.24) is 15.0 Å². The van der Waals surface area contributed by atoms with Crippen molar-refractivity contribution in [1.29, 1.82) is 0 Å². The number of nitrogens with zero attached hydrogens (tertiary/aromatic N) is 3. The molecule has 2 aromatic carbocycles. The van der Waals surface area contributed by atoms with Crippen LogP contribution in [0.15, 0.2) is 65.8 Å². The van der Waals surface area contributed by atoms with Gasteiger partial charge in [-0.3, -0.25) is 9.78 Å². The number of hydrogen-bond donors (Lipinski definition) is 2. The lowest BCUT2D eigenvalue weighted by atomic mass is 9.99. The van der Waals surface area contributed by atoms with Crippen molar-refractivity contribution in [2.75, 3.05) is 11.1 Å². The fraction of sp³-hybridized carbons (Fsp3) is 0.185. The van der Waals surface area contributed by atoms with Crippen LogP contribution < -0.4 is 10.1 Å². The summed E-state index contributed by atoms with van der Waals surface area (Å²) >= 11 is 1.35. The average molecular weight is 485 g/mol. The second-order valence-electron chi connectivity index (χ2n) is 8.32. The molecule has 5 rings (SSSR count). The van der Waals surface area contributed by atoms with Crippen molar-refractivity contribution in [2.45, 2.75) is 31.9 Å². The summed E-state index contributed by atoms with van der Waals surface area (Å²) in [6.45, 7) is 3.73. The number of carbonyl (C=O) groups is 1. The summed E-state index contributed by atoms with van der Waals surface area (Å²) in [6.07, 6.45) is 2.16. The van der Waals surface area contributed by atoms with Crippen LogP contribution in [-0.2, 0) is 17.8 Å². The van der Waals surface area contributed by atoms with E-state index in [0.29, 0.717) is 34.5 Å². The van der Waals surface area contributed by atoms with Gasteiger partial charge >= 0.3 is 0 Å². The first-order valence-electron chi connectivity index (χ1n) is 11.2. The van der Waals surface area contributed by atoms with Crippen molar-refractivity contribution in [2.24, 2.45) is 0 Å². The van der Waals surface area contributed by atoms with Crippen LogP contribution in [0.5, 0.6) is 11.6 Å². The monoisotopic (exact) mass is 484 g/mol. The molecule has 0 aliphatic carbocycles. The number of thioether (sulfide) groups is 1. The van der Waals surface area contributed by atoms with Crippen LogP contribution in [0.3, 0.4) is 0 Å². The predicted octanol–water partition coefficient (Wildman–Crippen LogP) is 5.08. The summed E-state index contributed by atoms with van der Waals surface area (Å²) in [4.78, 5) is 26.6. The van der Waals surface area contributed by atoms with Gasteiger partial charge in [-0.2, -0.15) is 4.98 Å². The van der Waals surface area contributed by atoms with E-state index in [2.05, 4.69) is 10.3 Å². The number of aliphatic hydroxyl groups is 1. The number of nitrogens with one attached hydrogen (secondary N) is 1.